The molecule has 1 amide bonds. The van der Waals surface area contributed by atoms with E-state index in [2.05, 4.69) is 29.1 Å². The van der Waals surface area contributed by atoms with Crippen molar-refractivity contribution in [3.05, 3.63) is 30.1 Å². The van der Waals surface area contributed by atoms with Gasteiger partial charge in [0.05, 0.1) is 17.6 Å². The zero-order chi connectivity index (χ0) is 13.8. The number of carbonyl (C=O) groups is 1. The lowest BCUT2D eigenvalue weighted by Gasteiger charge is -2.14. The molecule has 0 atom stereocenters. The van der Waals surface area contributed by atoms with E-state index in [1.54, 1.807) is 12.4 Å². The highest BCUT2D eigenvalue weighted by Gasteiger charge is 2.12. The SMILES string of the molecule is CC(C)CNc1c(CC(N)=O)cnc2cccnc12. The van der Waals surface area contributed by atoms with Gasteiger partial charge in [0.2, 0.25) is 5.91 Å². The average Bonchev–Trinajstić information content (AvgIpc) is 2.36. The smallest absolute Gasteiger partial charge is 0.221 e. The van der Waals surface area contributed by atoms with Gasteiger partial charge in [0.15, 0.2) is 0 Å². The van der Waals surface area contributed by atoms with E-state index >= 15 is 0 Å². The Labute approximate surface area is 112 Å². The molecule has 100 valence electrons. The fourth-order valence-corrected chi connectivity index (χ4v) is 1.88. The van der Waals surface area contributed by atoms with E-state index in [0.29, 0.717) is 5.92 Å². The van der Waals surface area contributed by atoms with E-state index in [-0.39, 0.29) is 12.3 Å². The molecular formula is C14H18N4O. The number of amides is 1. The van der Waals surface area contributed by atoms with Gasteiger partial charge < -0.3 is 11.1 Å². The van der Waals surface area contributed by atoms with Crippen molar-refractivity contribution in [1.29, 1.82) is 0 Å². The zero-order valence-electron chi connectivity index (χ0n) is 11.2. The normalized spacial score (nSPS) is 10.9. The van der Waals surface area contributed by atoms with Crippen LogP contribution in [0.4, 0.5) is 5.69 Å². The predicted molar refractivity (Wildman–Crippen MR) is 75.8 cm³/mol. The molecule has 0 saturated carbocycles. The third-order valence-corrected chi connectivity index (χ3v) is 2.76. The first kappa shape index (κ1) is 13.3. The maximum absolute atomic E-state index is 11.1. The number of fused-ring (bicyclic) bond motifs is 1. The van der Waals surface area contributed by atoms with Crippen LogP contribution in [0.2, 0.25) is 0 Å². The highest BCUT2D eigenvalue weighted by molar-refractivity contribution is 5.91. The van der Waals surface area contributed by atoms with E-state index in [0.717, 1.165) is 28.8 Å². The van der Waals surface area contributed by atoms with E-state index < -0.39 is 0 Å². The molecule has 2 heterocycles. The van der Waals surface area contributed by atoms with Gasteiger partial charge in [-0.2, -0.15) is 0 Å². The average molecular weight is 258 g/mol. The monoisotopic (exact) mass is 258 g/mol. The van der Waals surface area contributed by atoms with Crippen molar-refractivity contribution in [2.45, 2.75) is 20.3 Å². The van der Waals surface area contributed by atoms with E-state index in [9.17, 15) is 4.79 Å². The lowest BCUT2D eigenvalue weighted by atomic mass is 10.1. The molecular weight excluding hydrogens is 240 g/mol. The molecule has 2 aromatic rings. The van der Waals surface area contributed by atoms with E-state index in [4.69, 9.17) is 5.73 Å². The maximum Gasteiger partial charge on any atom is 0.221 e. The number of pyridine rings is 2. The summed E-state index contributed by atoms with van der Waals surface area (Å²) in [6.07, 6.45) is 3.58. The first-order valence-corrected chi connectivity index (χ1v) is 6.32. The second-order valence-corrected chi connectivity index (χ2v) is 4.95. The Morgan fingerprint density at radius 1 is 1.42 bits per heavy atom. The van der Waals surface area contributed by atoms with Gasteiger partial charge in [0.1, 0.15) is 5.52 Å². The Bertz CT molecular complexity index is 595. The number of hydrogen-bond acceptors (Lipinski definition) is 4. The molecule has 0 unspecified atom stereocenters. The zero-order valence-corrected chi connectivity index (χ0v) is 11.2. The Kier molecular flexibility index (Phi) is 3.94. The summed E-state index contributed by atoms with van der Waals surface area (Å²) in [5, 5.41) is 3.35. The van der Waals surface area contributed by atoms with Crippen molar-refractivity contribution in [3.63, 3.8) is 0 Å². The Morgan fingerprint density at radius 3 is 2.89 bits per heavy atom. The Hall–Kier alpha value is -2.17. The number of nitrogens with two attached hydrogens (primary N) is 1. The highest BCUT2D eigenvalue weighted by Crippen LogP contribution is 2.24. The topological polar surface area (TPSA) is 80.9 Å². The van der Waals surface area contributed by atoms with Crippen molar-refractivity contribution in [2.75, 3.05) is 11.9 Å². The summed E-state index contributed by atoms with van der Waals surface area (Å²) >= 11 is 0. The van der Waals surface area contributed by atoms with Crippen molar-refractivity contribution >= 4 is 22.6 Å². The van der Waals surface area contributed by atoms with Gasteiger partial charge in [0, 0.05) is 24.5 Å². The van der Waals surface area contributed by atoms with Crippen LogP contribution in [0.3, 0.4) is 0 Å². The molecule has 5 nitrogen and oxygen atoms in total. The third-order valence-electron chi connectivity index (χ3n) is 2.76. The minimum Gasteiger partial charge on any atom is -0.383 e. The standard InChI is InChI=1S/C14H18N4O/c1-9(2)7-18-13-10(6-12(15)19)8-17-11-4-3-5-16-14(11)13/h3-5,8-9H,6-7H2,1-2H3,(H2,15,19)(H,17,18). The van der Waals surface area contributed by atoms with Gasteiger partial charge in [-0.25, -0.2) is 0 Å². The molecule has 0 aromatic carbocycles. The number of nitrogens with one attached hydrogen (secondary N) is 1. The number of aromatic nitrogens is 2. The molecule has 0 spiro atoms. The first-order chi connectivity index (χ1) is 9.08. The number of rotatable bonds is 5. The Balaban J connectivity index is 2.47. The summed E-state index contributed by atoms with van der Waals surface area (Å²) in [7, 11) is 0. The summed E-state index contributed by atoms with van der Waals surface area (Å²) in [4.78, 5) is 19.8. The van der Waals surface area contributed by atoms with Crippen LogP contribution >= 0.6 is 0 Å². The van der Waals surface area contributed by atoms with Crippen LogP contribution in [0.1, 0.15) is 19.4 Å². The minimum atomic E-state index is -0.371. The van der Waals surface area contributed by atoms with Crippen LogP contribution in [0, 0.1) is 5.92 Å². The van der Waals surface area contributed by atoms with Crippen LogP contribution < -0.4 is 11.1 Å². The fraction of sp³-hybridized carbons (Fsp3) is 0.357. The minimum absolute atomic E-state index is 0.167. The molecule has 0 fully saturated rings. The summed E-state index contributed by atoms with van der Waals surface area (Å²) < 4.78 is 0. The van der Waals surface area contributed by atoms with Crippen molar-refractivity contribution in [3.8, 4) is 0 Å². The van der Waals surface area contributed by atoms with Crippen LogP contribution in [0.15, 0.2) is 24.5 Å². The van der Waals surface area contributed by atoms with Gasteiger partial charge in [-0.3, -0.25) is 14.8 Å². The second kappa shape index (κ2) is 5.65. The Morgan fingerprint density at radius 2 is 2.21 bits per heavy atom. The first-order valence-electron chi connectivity index (χ1n) is 6.32. The number of nitrogens with zero attached hydrogens (tertiary/aromatic N) is 2. The van der Waals surface area contributed by atoms with Crippen LogP contribution in [0.25, 0.3) is 11.0 Å². The summed E-state index contributed by atoms with van der Waals surface area (Å²) in [5.41, 5.74) is 8.52. The predicted octanol–water partition coefficient (Wildman–Crippen LogP) is 1.73. The summed E-state index contributed by atoms with van der Waals surface area (Å²) in [5.74, 6) is 0.123. The molecule has 0 aliphatic heterocycles. The summed E-state index contributed by atoms with van der Waals surface area (Å²) in [6, 6.07) is 3.74. The van der Waals surface area contributed by atoms with E-state index in [1.165, 1.54) is 0 Å². The third kappa shape index (κ3) is 3.19. The van der Waals surface area contributed by atoms with Gasteiger partial charge >= 0.3 is 0 Å². The largest absolute Gasteiger partial charge is 0.383 e. The molecule has 5 heteroatoms. The number of carbonyl (C=O) groups excluding carboxylic acids is 1. The van der Waals surface area contributed by atoms with Crippen LogP contribution in [-0.2, 0) is 11.2 Å². The molecule has 3 N–H and O–H groups in total. The van der Waals surface area contributed by atoms with Crippen molar-refractivity contribution in [2.24, 2.45) is 11.7 Å². The molecule has 0 radical (unpaired) electrons. The number of primary amides is 1. The molecule has 2 aromatic heterocycles. The maximum atomic E-state index is 11.1. The molecule has 0 aliphatic rings. The van der Waals surface area contributed by atoms with Gasteiger partial charge in [-0.05, 0) is 18.1 Å². The van der Waals surface area contributed by atoms with Crippen molar-refractivity contribution in [1.82, 2.24) is 9.97 Å². The molecule has 0 saturated heterocycles. The van der Waals surface area contributed by atoms with Gasteiger partial charge in [0.25, 0.3) is 0 Å². The van der Waals surface area contributed by atoms with Crippen LogP contribution in [-0.4, -0.2) is 22.4 Å². The number of hydrogen-bond donors (Lipinski definition) is 2. The lowest BCUT2D eigenvalue weighted by Crippen LogP contribution is -2.17. The quantitative estimate of drug-likeness (QED) is 0.855. The molecule has 19 heavy (non-hydrogen) atoms. The highest BCUT2D eigenvalue weighted by atomic mass is 16.1. The van der Waals surface area contributed by atoms with Crippen molar-refractivity contribution < 1.29 is 4.79 Å². The molecule has 0 aliphatic carbocycles. The number of anilines is 1. The molecule has 2 rings (SSSR count). The van der Waals surface area contributed by atoms with E-state index in [1.807, 2.05) is 12.1 Å². The van der Waals surface area contributed by atoms with Crippen LogP contribution in [0.5, 0.6) is 0 Å². The lowest BCUT2D eigenvalue weighted by molar-refractivity contribution is -0.117. The summed E-state index contributed by atoms with van der Waals surface area (Å²) in [6.45, 7) is 5.05. The fourth-order valence-electron chi connectivity index (χ4n) is 1.88. The second-order valence-electron chi connectivity index (χ2n) is 4.95. The van der Waals surface area contributed by atoms with Gasteiger partial charge in [-0.1, -0.05) is 13.8 Å². The molecule has 0 bridgehead atoms. The van der Waals surface area contributed by atoms with Gasteiger partial charge in [-0.15, -0.1) is 0 Å².